The maximum Gasteiger partial charge on any atom is 0.0475 e. The van der Waals surface area contributed by atoms with Crippen molar-refractivity contribution < 1.29 is 4.74 Å². The van der Waals surface area contributed by atoms with Gasteiger partial charge in [-0.3, -0.25) is 0 Å². The normalized spacial score (nSPS) is 8.75. The highest BCUT2D eigenvalue weighted by molar-refractivity contribution is 5.02. The maximum absolute atomic E-state index is 5.30. The third kappa shape index (κ3) is 9.26. The fraction of sp³-hybridized carbons (Fsp3) is 0.636. The lowest BCUT2D eigenvalue weighted by atomic mass is 10.3. The molecule has 0 fully saturated rings. The van der Waals surface area contributed by atoms with E-state index in [2.05, 4.69) is 25.3 Å². The number of rotatable bonds is 6. The van der Waals surface area contributed by atoms with E-state index in [1.54, 1.807) is 0 Å². The molecule has 0 atom stereocenters. The monoisotopic (exact) mass is 166 g/mol. The zero-order valence-electron chi connectivity index (χ0n) is 7.94. The number of allylic oxidation sites excluding steroid dienone is 1. The summed E-state index contributed by atoms with van der Waals surface area (Å²) in [5.41, 5.74) is 0. The van der Waals surface area contributed by atoms with E-state index in [4.69, 9.17) is 4.74 Å². The summed E-state index contributed by atoms with van der Waals surface area (Å²) < 4.78 is 5.30. The standard InChI is InChI=1S/C11H18O/c1-3-5-6-7-8-9-11-12-10-4-2/h3H,1,4-5,8-11H2,2H3. The van der Waals surface area contributed by atoms with Crippen LogP contribution in [-0.4, -0.2) is 13.2 Å². The SMILES string of the molecule is C=CCC#CCCCOCCC. The van der Waals surface area contributed by atoms with E-state index in [1.165, 1.54) is 0 Å². The van der Waals surface area contributed by atoms with E-state index in [-0.39, 0.29) is 0 Å². The van der Waals surface area contributed by atoms with Crippen LogP contribution in [0.4, 0.5) is 0 Å². The van der Waals surface area contributed by atoms with Gasteiger partial charge < -0.3 is 4.74 Å². The summed E-state index contributed by atoms with van der Waals surface area (Å²) in [7, 11) is 0. The molecule has 0 amide bonds. The smallest absolute Gasteiger partial charge is 0.0475 e. The van der Waals surface area contributed by atoms with E-state index in [0.717, 1.165) is 38.9 Å². The second-order valence-electron chi connectivity index (χ2n) is 2.56. The molecular formula is C11H18O. The van der Waals surface area contributed by atoms with Gasteiger partial charge in [0.25, 0.3) is 0 Å². The molecule has 0 aromatic rings. The summed E-state index contributed by atoms with van der Waals surface area (Å²) in [4.78, 5) is 0. The highest BCUT2D eigenvalue weighted by atomic mass is 16.5. The molecule has 0 aliphatic heterocycles. The highest BCUT2D eigenvalue weighted by Crippen LogP contribution is 1.89. The van der Waals surface area contributed by atoms with Crippen LogP contribution in [0.25, 0.3) is 0 Å². The minimum atomic E-state index is 0.801. The summed E-state index contributed by atoms with van der Waals surface area (Å²) in [6.45, 7) is 7.43. The molecule has 0 aromatic heterocycles. The summed E-state index contributed by atoms with van der Waals surface area (Å²) in [6.07, 6.45) is 5.71. The predicted octanol–water partition coefficient (Wildman–Crippen LogP) is 2.77. The van der Waals surface area contributed by atoms with Gasteiger partial charge in [-0.15, -0.1) is 12.5 Å². The Balaban J connectivity index is 3.01. The molecule has 0 spiro atoms. The quantitative estimate of drug-likeness (QED) is 0.335. The summed E-state index contributed by atoms with van der Waals surface area (Å²) in [5, 5.41) is 0. The predicted molar refractivity (Wildman–Crippen MR) is 52.9 cm³/mol. The van der Waals surface area contributed by atoms with Crippen LogP contribution in [0.5, 0.6) is 0 Å². The zero-order chi connectivity index (χ0) is 9.07. The van der Waals surface area contributed by atoms with E-state index in [9.17, 15) is 0 Å². The first kappa shape index (κ1) is 11.3. The van der Waals surface area contributed by atoms with Gasteiger partial charge in [0.05, 0.1) is 0 Å². The Morgan fingerprint density at radius 3 is 2.83 bits per heavy atom. The zero-order valence-corrected chi connectivity index (χ0v) is 7.94. The molecule has 0 saturated carbocycles. The molecule has 0 N–H and O–H groups in total. The molecule has 0 rings (SSSR count). The molecule has 0 radical (unpaired) electrons. The average molecular weight is 166 g/mol. The van der Waals surface area contributed by atoms with Crippen LogP contribution in [0, 0.1) is 11.8 Å². The maximum atomic E-state index is 5.30. The third-order valence-corrected chi connectivity index (χ3v) is 1.31. The molecular weight excluding hydrogens is 148 g/mol. The van der Waals surface area contributed by atoms with Gasteiger partial charge in [-0.05, 0) is 12.8 Å². The Morgan fingerprint density at radius 2 is 2.17 bits per heavy atom. The van der Waals surface area contributed by atoms with Crippen molar-refractivity contribution >= 4 is 0 Å². The van der Waals surface area contributed by atoms with Crippen LogP contribution < -0.4 is 0 Å². The number of unbranched alkanes of at least 4 members (excludes halogenated alkanes) is 1. The van der Waals surface area contributed by atoms with E-state index >= 15 is 0 Å². The van der Waals surface area contributed by atoms with Gasteiger partial charge in [-0.2, -0.15) is 0 Å². The second-order valence-corrected chi connectivity index (χ2v) is 2.56. The summed E-state index contributed by atoms with van der Waals surface area (Å²) in [5.74, 6) is 6.06. The molecule has 12 heavy (non-hydrogen) atoms. The molecule has 0 bridgehead atoms. The van der Waals surface area contributed by atoms with Gasteiger partial charge in [-0.1, -0.05) is 18.9 Å². The number of ether oxygens (including phenoxy) is 1. The lowest BCUT2D eigenvalue weighted by molar-refractivity contribution is 0.133. The van der Waals surface area contributed by atoms with Crippen molar-refractivity contribution in [3.63, 3.8) is 0 Å². The van der Waals surface area contributed by atoms with Crippen molar-refractivity contribution in [2.75, 3.05) is 13.2 Å². The van der Waals surface area contributed by atoms with Crippen molar-refractivity contribution in [1.29, 1.82) is 0 Å². The van der Waals surface area contributed by atoms with Gasteiger partial charge in [0.2, 0.25) is 0 Å². The van der Waals surface area contributed by atoms with Crippen LogP contribution >= 0.6 is 0 Å². The Hall–Kier alpha value is -0.740. The first-order valence-corrected chi connectivity index (χ1v) is 4.56. The van der Waals surface area contributed by atoms with Crippen LogP contribution in [-0.2, 0) is 4.74 Å². The molecule has 0 aromatic carbocycles. The third-order valence-electron chi connectivity index (χ3n) is 1.31. The molecule has 0 aliphatic carbocycles. The molecule has 68 valence electrons. The molecule has 1 nitrogen and oxygen atoms in total. The molecule has 0 aliphatic rings. The van der Waals surface area contributed by atoms with E-state index in [0.29, 0.717) is 0 Å². The van der Waals surface area contributed by atoms with Crippen molar-refractivity contribution in [3.05, 3.63) is 12.7 Å². The number of hydrogen-bond acceptors (Lipinski definition) is 1. The molecule has 0 unspecified atom stereocenters. The van der Waals surface area contributed by atoms with Crippen molar-refractivity contribution in [2.45, 2.75) is 32.6 Å². The summed E-state index contributed by atoms with van der Waals surface area (Å²) in [6, 6.07) is 0. The Bertz CT molecular complexity index is 150. The Kier molecular flexibility index (Phi) is 9.63. The largest absolute Gasteiger partial charge is 0.381 e. The first-order chi connectivity index (χ1) is 5.91. The van der Waals surface area contributed by atoms with Crippen molar-refractivity contribution in [1.82, 2.24) is 0 Å². The lowest BCUT2D eigenvalue weighted by Gasteiger charge is -1.97. The fourth-order valence-corrected chi connectivity index (χ4v) is 0.742. The van der Waals surface area contributed by atoms with Gasteiger partial charge in [0.1, 0.15) is 0 Å². The van der Waals surface area contributed by atoms with Crippen LogP contribution in [0.3, 0.4) is 0 Å². The van der Waals surface area contributed by atoms with E-state index < -0.39 is 0 Å². The molecule has 0 heterocycles. The lowest BCUT2D eigenvalue weighted by Crippen LogP contribution is -1.94. The van der Waals surface area contributed by atoms with E-state index in [1.807, 2.05) is 6.08 Å². The van der Waals surface area contributed by atoms with Crippen molar-refractivity contribution in [3.8, 4) is 11.8 Å². The Labute approximate surface area is 75.8 Å². The van der Waals surface area contributed by atoms with Gasteiger partial charge >= 0.3 is 0 Å². The fourth-order valence-electron chi connectivity index (χ4n) is 0.742. The minimum Gasteiger partial charge on any atom is -0.381 e. The first-order valence-electron chi connectivity index (χ1n) is 4.56. The highest BCUT2D eigenvalue weighted by Gasteiger charge is 1.84. The second kappa shape index (κ2) is 10.3. The minimum absolute atomic E-state index is 0.801. The Morgan fingerprint density at radius 1 is 1.33 bits per heavy atom. The summed E-state index contributed by atoms with van der Waals surface area (Å²) >= 11 is 0. The molecule has 1 heteroatoms. The van der Waals surface area contributed by atoms with Gasteiger partial charge in [0.15, 0.2) is 0 Å². The van der Waals surface area contributed by atoms with Gasteiger partial charge in [-0.25, -0.2) is 0 Å². The van der Waals surface area contributed by atoms with Gasteiger partial charge in [0, 0.05) is 26.1 Å². The van der Waals surface area contributed by atoms with Crippen LogP contribution in [0.15, 0.2) is 12.7 Å². The molecule has 0 saturated heterocycles. The number of hydrogen-bond donors (Lipinski definition) is 0. The average Bonchev–Trinajstić information content (AvgIpc) is 2.10. The van der Waals surface area contributed by atoms with Crippen LogP contribution in [0.1, 0.15) is 32.6 Å². The van der Waals surface area contributed by atoms with Crippen molar-refractivity contribution in [2.24, 2.45) is 0 Å². The topological polar surface area (TPSA) is 9.23 Å². The van der Waals surface area contributed by atoms with Crippen LogP contribution in [0.2, 0.25) is 0 Å².